The number of rotatable bonds is 4. The summed E-state index contributed by atoms with van der Waals surface area (Å²) in [7, 11) is 0. The number of nitrogens with zero attached hydrogens (tertiary/aromatic N) is 2. The lowest BCUT2D eigenvalue weighted by molar-refractivity contribution is -0.393. The predicted octanol–water partition coefficient (Wildman–Crippen LogP) is 2.22. The molecule has 0 aromatic heterocycles. The van der Waals surface area contributed by atoms with Crippen molar-refractivity contribution < 1.29 is 15.0 Å². The van der Waals surface area contributed by atoms with E-state index in [0.29, 0.717) is 12.8 Å². The van der Waals surface area contributed by atoms with Crippen LogP contribution < -0.4 is 5.32 Å². The Morgan fingerprint density at radius 2 is 1.75 bits per heavy atom. The van der Waals surface area contributed by atoms with Crippen molar-refractivity contribution in [2.24, 2.45) is 0 Å². The van der Waals surface area contributed by atoms with Gasteiger partial charge < -0.3 is 10.4 Å². The van der Waals surface area contributed by atoms with E-state index in [0.717, 1.165) is 18.9 Å². The number of non-ortho nitro benzene ring substituents is 1. The molecule has 0 unspecified atom stereocenters. The maximum Gasteiger partial charge on any atom is 0.299 e. The molecule has 0 aliphatic heterocycles. The van der Waals surface area contributed by atoms with Crippen molar-refractivity contribution in [1.29, 1.82) is 0 Å². The number of nitrogens with one attached hydrogen (secondary N) is 1. The number of nitro benzene ring substituents is 2. The molecule has 0 atom stereocenters. The Hall–Kier alpha value is -2.22. The fraction of sp³-hybridized carbons (Fsp3) is 0.500. The average Bonchev–Trinajstić information content (AvgIpc) is 2.41. The Morgan fingerprint density at radius 1 is 1.10 bits per heavy atom. The molecule has 0 spiro atoms. The number of aliphatic hydroxyl groups is 1. The SMILES string of the molecule is O=[N+]([O-])c1ccc(NC2CCC(O)CC2)c([N+](=O)[O-])c1. The highest BCUT2D eigenvalue weighted by Gasteiger charge is 2.24. The van der Waals surface area contributed by atoms with Crippen molar-refractivity contribution in [3.63, 3.8) is 0 Å². The minimum atomic E-state index is -0.659. The second-order valence-electron chi connectivity index (χ2n) is 4.87. The number of hydrogen-bond acceptors (Lipinski definition) is 6. The van der Waals surface area contributed by atoms with Gasteiger partial charge >= 0.3 is 0 Å². The molecule has 8 nitrogen and oxygen atoms in total. The zero-order chi connectivity index (χ0) is 14.7. The molecule has 0 radical (unpaired) electrons. The summed E-state index contributed by atoms with van der Waals surface area (Å²) in [6.07, 6.45) is 2.43. The van der Waals surface area contributed by atoms with Gasteiger partial charge in [-0.25, -0.2) is 0 Å². The molecule has 0 bridgehead atoms. The maximum atomic E-state index is 11.0. The number of aliphatic hydroxyl groups excluding tert-OH is 1. The Morgan fingerprint density at radius 3 is 2.30 bits per heavy atom. The molecule has 2 N–H and O–H groups in total. The molecule has 1 saturated carbocycles. The predicted molar refractivity (Wildman–Crippen MR) is 71.6 cm³/mol. The minimum absolute atomic E-state index is 0.0403. The molecule has 0 heterocycles. The van der Waals surface area contributed by atoms with Crippen LogP contribution in [0.4, 0.5) is 17.1 Å². The van der Waals surface area contributed by atoms with Crippen LogP contribution in [0.2, 0.25) is 0 Å². The second-order valence-corrected chi connectivity index (χ2v) is 4.87. The molecule has 1 fully saturated rings. The van der Waals surface area contributed by atoms with E-state index in [9.17, 15) is 25.3 Å². The van der Waals surface area contributed by atoms with E-state index in [-0.39, 0.29) is 29.2 Å². The summed E-state index contributed by atoms with van der Waals surface area (Å²) in [5, 5.41) is 34.1. The largest absolute Gasteiger partial charge is 0.393 e. The van der Waals surface area contributed by atoms with Crippen LogP contribution in [-0.4, -0.2) is 27.1 Å². The number of nitro groups is 2. The van der Waals surface area contributed by atoms with Gasteiger partial charge in [-0.1, -0.05) is 0 Å². The van der Waals surface area contributed by atoms with Gasteiger partial charge in [0.05, 0.1) is 22.0 Å². The van der Waals surface area contributed by atoms with Crippen molar-refractivity contribution in [3.05, 3.63) is 38.4 Å². The van der Waals surface area contributed by atoms with Gasteiger partial charge in [0.15, 0.2) is 0 Å². The van der Waals surface area contributed by atoms with Gasteiger partial charge in [-0.05, 0) is 31.7 Å². The first-order valence-electron chi connectivity index (χ1n) is 6.35. The third kappa shape index (κ3) is 3.21. The quantitative estimate of drug-likeness (QED) is 0.645. The highest BCUT2D eigenvalue weighted by atomic mass is 16.6. The minimum Gasteiger partial charge on any atom is -0.393 e. The number of benzene rings is 1. The molecule has 20 heavy (non-hydrogen) atoms. The lowest BCUT2D eigenvalue weighted by atomic mass is 9.93. The highest BCUT2D eigenvalue weighted by molar-refractivity contribution is 5.65. The molecule has 1 aromatic carbocycles. The van der Waals surface area contributed by atoms with Crippen LogP contribution in [0.25, 0.3) is 0 Å². The molecule has 0 saturated heterocycles. The van der Waals surface area contributed by atoms with Gasteiger partial charge in [-0.3, -0.25) is 20.2 Å². The van der Waals surface area contributed by atoms with Gasteiger partial charge in [0.25, 0.3) is 11.4 Å². The van der Waals surface area contributed by atoms with E-state index in [1.54, 1.807) is 0 Å². The van der Waals surface area contributed by atoms with Crippen LogP contribution in [-0.2, 0) is 0 Å². The van der Waals surface area contributed by atoms with E-state index < -0.39 is 9.85 Å². The van der Waals surface area contributed by atoms with Crippen LogP contribution >= 0.6 is 0 Å². The summed E-state index contributed by atoms with van der Waals surface area (Å²) >= 11 is 0. The fourth-order valence-corrected chi connectivity index (χ4v) is 2.35. The Kier molecular flexibility index (Phi) is 4.14. The molecule has 2 rings (SSSR count). The average molecular weight is 281 g/mol. The molecule has 1 aliphatic carbocycles. The van der Waals surface area contributed by atoms with Crippen LogP contribution in [0.5, 0.6) is 0 Å². The van der Waals surface area contributed by atoms with Crippen molar-refractivity contribution >= 4 is 17.1 Å². The lowest BCUT2D eigenvalue weighted by Gasteiger charge is -2.26. The van der Waals surface area contributed by atoms with Crippen molar-refractivity contribution in [2.45, 2.75) is 37.8 Å². The van der Waals surface area contributed by atoms with Gasteiger partial charge in [0, 0.05) is 12.1 Å². The monoisotopic (exact) mass is 281 g/mol. The van der Waals surface area contributed by atoms with Gasteiger partial charge in [0.1, 0.15) is 5.69 Å². The molecular weight excluding hydrogens is 266 g/mol. The van der Waals surface area contributed by atoms with E-state index >= 15 is 0 Å². The summed E-state index contributed by atoms with van der Waals surface area (Å²) in [6.45, 7) is 0. The van der Waals surface area contributed by atoms with Gasteiger partial charge in [-0.15, -0.1) is 0 Å². The Labute approximate surface area is 114 Å². The normalized spacial score (nSPS) is 22.2. The van der Waals surface area contributed by atoms with Crippen molar-refractivity contribution in [1.82, 2.24) is 0 Å². The van der Waals surface area contributed by atoms with Crippen molar-refractivity contribution in [3.8, 4) is 0 Å². The van der Waals surface area contributed by atoms with E-state index in [2.05, 4.69) is 5.32 Å². The van der Waals surface area contributed by atoms with Crippen LogP contribution in [0.3, 0.4) is 0 Å². The topological polar surface area (TPSA) is 119 Å². The van der Waals surface area contributed by atoms with Crippen LogP contribution in [0.15, 0.2) is 18.2 Å². The highest BCUT2D eigenvalue weighted by Crippen LogP contribution is 2.31. The van der Waals surface area contributed by atoms with Gasteiger partial charge in [-0.2, -0.15) is 0 Å². The molecule has 0 amide bonds. The Bertz CT molecular complexity index is 526. The van der Waals surface area contributed by atoms with Crippen LogP contribution in [0.1, 0.15) is 25.7 Å². The summed E-state index contributed by atoms with van der Waals surface area (Å²) in [5.41, 5.74) is -0.325. The standard InChI is InChI=1S/C12H15N3O5/c16-10-4-1-8(2-5-10)13-11-6-3-9(14(17)18)7-12(11)15(19)20/h3,6-8,10,13,16H,1-2,4-5H2. The van der Waals surface area contributed by atoms with E-state index in [4.69, 9.17) is 0 Å². The maximum absolute atomic E-state index is 11.0. The number of anilines is 1. The lowest BCUT2D eigenvalue weighted by Crippen LogP contribution is -2.28. The molecule has 1 aromatic rings. The zero-order valence-electron chi connectivity index (χ0n) is 10.7. The van der Waals surface area contributed by atoms with Crippen LogP contribution in [0, 0.1) is 20.2 Å². The molecular formula is C12H15N3O5. The zero-order valence-corrected chi connectivity index (χ0v) is 10.7. The smallest absolute Gasteiger partial charge is 0.299 e. The third-order valence-corrected chi connectivity index (χ3v) is 3.45. The first-order chi connectivity index (χ1) is 9.47. The second kappa shape index (κ2) is 5.83. The van der Waals surface area contributed by atoms with E-state index in [1.165, 1.54) is 12.1 Å². The van der Waals surface area contributed by atoms with Gasteiger partial charge in [0.2, 0.25) is 0 Å². The number of hydrogen-bond donors (Lipinski definition) is 2. The van der Waals surface area contributed by atoms with E-state index in [1.807, 2.05) is 0 Å². The summed E-state index contributed by atoms with van der Waals surface area (Å²) < 4.78 is 0. The fourth-order valence-electron chi connectivity index (χ4n) is 2.35. The first-order valence-corrected chi connectivity index (χ1v) is 6.35. The molecule has 1 aliphatic rings. The summed E-state index contributed by atoms with van der Waals surface area (Å²) in [6, 6.07) is 3.60. The molecule has 8 heteroatoms. The van der Waals surface area contributed by atoms with Crippen molar-refractivity contribution in [2.75, 3.05) is 5.32 Å². The summed E-state index contributed by atoms with van der Waals surface area (Å²) in [4.78, 5) is 20.4. The third-order valence-electron chi connectivity index (χ3n) is 3.45. The Balaban J connectivity index is 2.18. The first kappa shape index (κ1) is 14.2. The molecule has 108 valence electrons. The summed E-state index contributed by atoms with van der Waals surface area (Å²) in [5.74, 6) is 0.